The maximum Gasteiger partial charge on any atom is 0.203 e. The van der Waals surface area contributed by atoms with Gasteiger partial charge in [-0.15, -0.1) is 0 Å². The molecule has 0 aromatic heterocycles. The molecule has 0 heterocycles. The first-order chi connectivity index (χ1) is 6.57. The second-order valence-corrected chi connectivity index (χ2v) is 2.82. The van der Waals surface area contributed by atoms with Crippen molar-refractivity contribution in [3.63, 3.8) is 0 Å². The summed E-state index contributed by atoms with van der Waals surface area (Å²) in [5, 5.41) is 0. The normalized spacial score (nSPS) is 10.4. The number of hydrogen-bond acceptors (Lipinski definition) is 2. The van der Waals surface area contributed by atoms with Gasteiger partial charge in [0, 0.05) is 11.8 Å². The van der Waals surface area contributed by atoms with Crippen LogP contribution in [-0.2, 0) is 0 Å². The smallest absolute Gasteiger partial charge is 0.203 e. The Morgan fingerprint density at radius 3 is 2.00 bits per heavy atom. The molecule has 0 aliphatic heterocycles. The van der Waals surface area contributed by atoms with Gasteiger partial charge in [0.25, 0.3) is 0 Å². The number of halogens is 4. The van der Waals surface area contributed by atoms with E-state index in [0.29, 0.717) is 0 Å². The minimum atomic E-state index is -1.54. The highest BCUT2D eigenvalue weighted by molar-refractivity contribution is 7.80. The van der Waals surface area contributed by atoms with Crippen molar-refractivity contribution in [2.45, 2.75) is 0 Å². The van der Waals surface area contributed by atoms with Gasteiger partial charge in [0.05, 0.1) is 6.61 Å². The first-order valence-electron chi connectivity index (χ1n) is 3.64. The number of rotatable bonds is 3. The third-order valence-corrected chi connectivity index (χ3v) is 1.59. The number of benzene rings is 1. The van der Waals surface area contributed by atoms with Crippen molar-refractivity contribution < 1.29 is 22.3 Å². The van der Waals surface area contributed by atoms with Crippen LogP contribution in [0.3, 0.4) is 0 Å². The fourth-order valence-electron chi connectivity index (χ4n) is 0.826. The van der Waals surface area contributed by atoms with E-state index in [1.54, 1.807) is 0 Å². The summed E-state index contributed by atoms with van der Waals surface area (Å²) in [5.41, 5.74) is 0. The SMILES string of the molecule is Fc1cc(F)c(F)c(OCCS)c1F. The molecule has 1 aromatic carbocycles. The Morgan fingerprint density at radius 2 is 1.57 bits per heavy atom. The third kappa shape index (κ3) is 2.12. The zero-order chi connectivity index (χ0) is 10.7. The van der Waals surface area contributed by atoms with Gasteiger partial charge >= 0.3 is 0 Å². The minimum Gasteiger partial charge on any atom is -0.487 e. The largest absolute Gasteiger partial charge is 0.487 e. The average molecular weight is 226 g/mol. The maximum atomic E-state index is 12.8. The second kappa shape index (κ2) is 4.54. The van der Waals surface area contributed by atoms with Gasteiger partial charge in [-0.05, 0) is 0 Å². The summed E-state index contributed by atoms with van der Waals surface area (Å²) in [6.45, 7) is -0.139. The van der Waals surface area contributed by atoms with Gasteiger partial charge < -0.3 is 4.74 Å². The fourth-order valence-corrected chi connectivity index (χ4v) is 0.917. The zero-order valence-electron chi connectivity index (χ0n) is 6.86. The van der Waals surface area contributed by atoms with Crippen molar-refractivity contribution in [3.05, 3.63) is 29.3 Å². The molecule has 0 saturated carbocycles. The summed E-state index contributed by atoms with van der Waals surface area (Å²) in [5.74, 6) is -6.92. The molecule has 1 aromatic rings. The van der Waals surface area contributed by atoms with Crippen LogP contribution in [0, 0.1) is 23.3 Å². The first kappa shape index (κ1) is 11.2. The molecule has 0 bridgehead atoms. The molecule has 0 atom stereocenters. The van der Waals surface area contributed by atoms with Crippen LogP contribution in [-0.4, -0.2) is 12.4 Å². The van der Waals surface area contributed by atoms with Crippen LogP contribution in [0.1, 0.15) is 0 Å². The van der Waals surface area contributed by atoms with Gasteiger partial charge in [-0.25, -0.2) is 8.78 Å². The summed E-state index contributed by atoms with van der Waals surface area (Å²) in [7, 11) is 0. The van der Waals surface area contributed by atoms with E-state index in [0.717, 1.165) is 0 Å². The third-order valence-electron chi connectivity index (χ3n) is 1.41. The Labute approximate surface area is 83.1 Å². The molecule has 78 valence electrons. The summed E-state index contributed by atoms with van der Waals surface area (Å²) < 4.78 is 55.3. The number of hydrogen-bond donors (Lipinski definition) is 1. The highest BCUT2D eigenvalue weighted by Gasteiger charge is 2.20. The molecule has 0 saturated heterocycles. The Bertz CT molecular complexity index is 316. The second-order valence-electron chi connectivity index (χ2n) is 2.37. The minimum absolute atomic E-state index is 0.123. The van der Waals surface area contributed by atoms with Crippen LogP contribution < -0.4 is 4.74 Å². The van der Waals surface area contributed by atoms with Crippen molar-refractivity contribution in [2.24, 2.45) is 0 Å². The Morgan fingerprint density at radius 1 is 1.07 bits per heavy atom. The predicted octanol–water partition coefficient (Wildman–Crippen LogP) is 2.55. The van der Waals surface area contributed by atoms with Crippen molar-refractivity contribution in [1.82, 2.24) is 0 Å². The maximum absolute atomic E-state index is 12.8. The summed E-state index contributed by atoms with van der Waals surface area (Å²) in [6.07, 6.45) is 0. The number of ether oxygens (including phenoxy) is 1. The molecule has 0 unspecified atom stereocenters. The first-order valence-corrected chi connectivity index (χ1v) is 4.27. The molecular formula is C8H6F4OS. The average Bonchev–Trinajstić information content (AvgIpc) is 2.15. The van der Waals surface area contributed by atoms with Crippen LogP contribution in [0.2, 0.25) is 0 Å². The molecule has 0 radical (unpaired) electrons. The van der Waals surface area contributed by atoms with Crippen LogP contribution >= 0.6 is 12.6 Å². The van der Waals surface area contributed by atoms with E-state index < -0.39 is 29.0 Å². The summed E-state index contributed by atoms with van der Waals surface area (Å²) in [4.78, 5) is 0. The summed E-state index contributed by atoms with van der Waals surface area (Å²) >= 11 is 3.71. The molecule has 0 fully saturated rings. The lowest BCUT2D eigenvalue weighted by Crippen LogP contribution is -2.05. The lowest BCUT2D eigenvalue weighted by atomic mass is 10.3. The molecule has 0 spiro atoms. The van der Waals surface area contributed by atoms with E-state index in [9.17, 15) is 17.6 Å². The van der Waals surface area contributed by atoms with Gasteiger partial charge in [0.1, 0.15) is 0 Å². The fraction of sp³-hybridized carbons (Fsp3) is 0.250. The van der Waals surface area contributed by atoms with E-state index in [1.165, 1.54) is 0 Å². The van der Waals surface area contributed by atoms with Crippen molar-refractivity contribution in [1.29, 1.82) is 0 Å². The molecule has 1 nitrogen and oxygen atoms in total. The highest BCUT2D eigenvalue weighted by Crippen LogP contribution is 2.26. The standard InChI is InChI=1S/C8H6F4OS/c9-4-3-5(10)7(12)8(6(4)11)13-1-2-14/h3,14H,1-2H2. The molecule has 6 heteroatoms. The lowest BCUT2D eigenvalue weighted by molar-refractivity contribution is 0.289. The van der Waals surface area contributed by atoms with E-state index in [4.69, 9.17) is 0 Å². The molecular weight excluding hydrogens is 220 g/mol. The molecule has 0 amide bonds. The van der Waals surface area contributed by atoms with Crippen molar-refractivity contribution in [3.8, 4) is 5.75 Å². The Balaban J connectivity index is 3.11. The molecule has 0 aliphatic carbocycles. The molecule has 0 N–H and O–H groups in total. The Hall–Kier alpha value is -0.910. The lowest BCUT2D eigenvalue weighted by Gasteiger charge is -2.07. The number of thiol groups is 1. The van der Waals surface area contributed by atoms with Crippen molar-refractivity contribution in [2.75, 3.05) is 12.4 Å². The zero-order valence-corrected chi connectivity index (χ0v) is 7.75. The monoisotopic (exact) mass is 226 g/mol. The van der Waals surface area contributed by atoms with E-state index >= 15 is 0 Å². The van der Waals surface area contributed by atoms with Gasteiger partial charge in [-0.2, -0.15) is 21.4 Å². The van der Waals surface area contributed by atoms with Gasteiger partial charge in [-0.3, -0.25) is 0 Å². The van der Waals surface area contributed by atoms with Crippen LogP contribution in [0.5, 0.6) is 5.75 Å². The highest BCUT2D eigenvalue weighted by atomic mass is 32.1. The predicted molar refractivity (Wildman–Crippen MR) is 45.6 cm³/mol. The molecule has 0 aliphatic rings. The molecule has 1 rings (SSSR count). The quantitative estimate of drug-likeness (QED) is 0.473. The van der Waals surface area contributed by atoms with Crippen LogP contribution in [0.25, 0.3) is 0 Å². The van der Waals surface area contributed by atoms with E-state index in [-0.39, 0.29) is 18.4 Å². The van der Waals surface area contributed by atoms with E-state index in [2.05, 4.69) is 17.4 Å². The van der Waals surface area contributed by atoms with Gasteiger partial charge in [0.15, 0.2) is 17.4 Å². The van der Waals surface area contributed by atoms with Crippen LogP contribution in [0.15, 0.2) is 6.07 Å². The molecule has 14 heavy (non-hydrogen) atoms. The van der Waals surface area contributed by atoms with Gasteiger partial charge in [0.2, 0.25) is 11.6 Å². The van der Waals surface area contributed by atoms with Crippen LogP contribution in [0.4, 0.5) is 17.6 Å². The van der Waals surface area contributed by atoms with E-state index in [1.807, 2.05) is 0 Å². The summed E-state index contributed by atoms with van der Waals surface area (Å²) in [6, 6.07) is 0.123. The Kier molecular flexibility index (Phi) is 3.62. The topological polar surface area (TPSA) is 9.23 Å². The van der Waals surface area contributed by atoms with Crippen molar-refractivity contribution >= 4 is 12.6 Å². The van der Waals surface area contributed by atoms with Gasteiger partial charge in [-0.1, -0.05) is 0 Å².